The molecule has 3 aromatic rings. The van der Waals surface area contributed by atoms with Gasteiger partial charge in [-0.3, -0.25) is 0 Å². The van der Waals surface area contributed by atoms with E-state index in [0.29, 0.717) is 9.54 Å². The van der Waals surface area contributed by atoms with E-state index in [9.17, 15) is 0 Å². The molecular weight excluding hydrogens is 715 g/mol. The molecule has 0 N–H and O–H groups in total. The summed E-state index contributed by atoms with van der Waals surface area (Å²) in [5.74, 6) is 0.477. The summed E-state index contributed by atoms with van der Waals surface area (Å²) in [6.07, 6.45) is 12.4. The van der Waals surface area contributed by atoms with E-state index in [4.69, 9.17) is 0 Å². The van der Waals surface area contributed by atoms with Gasteiger partial charge in [0.15, 0.2) is 0 Å². The molecule has 3 heteroatoms. The summed E-state index contributed by atoms with van der Waals surface area (Å²) in [5.41, 5.74) is 19.8. The first-order valence-electron chi connectivity index (χ1n) is 17.9. The molecule has 0 bridgehead atoms. The molecule has 1 atom stereocenters. The predicted molar refractivity (Wildman–Crippen MR) is 202 cm³/mol. The minimum Gasteiger partial charge on any atom is -1.00 e. The van der Waals surface area contributed by atoms with Gasteiger partial charge in [0.2, 0.25) is 0 Å². The first-order chi connectivity index (χ1) is 22.0. The molecule has 0 spiro atoms. The second-order valence-corrected chi connectivity index (χ2v) is 24.2. The fourth-order valence-electron chi connectivity index (χ4n) is 8.74. The number of aryl methyl sites for hydroxylation is 1. The van der Waals surface area contributed by atoms with E-state index in [1.54, 1.807) is 28.7 Å². The SMILES string of the molecule is CC1=CCC(C)(C)c2cc3c(cc21)-c1cc2c(cc1[CH]3/[Zr+2]([C]1=CC(C(C)(C)C)=CC1C)=[C](\C)c1ccc(C)cc1)C(C)(C)CC=C2C.[Cl-].[Cl-]. The van der Waals surface area contributed by atoms with E-state index in [2.05, 4.69) is 156 Å². The zero-order chi connectivity index (χ0) is 33.8. The number of hydrogen-bond acceptors (Lipinski definition) is 0. The van der Waals surface area contributed by atoms with Crippen LogP contribution in [-0.2, 0) is 32.1 Å². The number of hydrogen-bond donors (Lipinski definition) is 0. The monoisotopic (exact) mass is 766 g/mol. The van der Waals surface area contributed by atoms with Crippen molar-refractivity contribution in [2.75, 3.05) is 0 Å². The number of halogens is 2. The number of fused-ring (bicyclic) bond motifs is 5. The fraction of sp³-hybridized carbons (Fsp3) is 0.413. The molecule has 0 aromatic heterocycles. The van der Waals surface area contributed by atoms with Crippen LogP contribution in [0.3, 0.4) is 0 Å². The Morgan fingerprint density at radius 2 is 1.18 bits per heavy atom. The molecule has 7 rings (SSSR count). The molecule has 4 aliphatic rings. The van der Waals surface area contributed by atoms with E-state index in [1.165, 1.54) is 50.1 Å². The Labute approximate surface area is 317 Å². The summed E-state index contributed by atoms with van der Waals surface area (Å²) < 4.78 is 3.89. The van der Waals surface area contributed by atoms with Gasteiger partial charge >= 0.3 is 295 Å². The number of benzene rings is 3. The van der Waals surface area contributed by atoms with E-state index in [-0.39, 0.29) is 41.1 Å². The average Bonchev–Trinajstić information content (AvgIpc) is 3.54. The molecule has 3 aromatic carbocycles. The second-order valence-electron chi connectivity index (χ2n) is 17.5. The molecule has 49 heavy (non-hydrogen) atoms. The molecule has 0 nitrogen and oxygen atoms in total. The summed E-state index contributed by atoms with van der Waals surface area (Å²) >= 11 is -2.68. The van der Waals surface area contributed by atoms with Crippen LogP contribution in [0.5, 0.6) is 0 Å². The topological polar surface area (TPSA) is 0 Å². The van der Waals surface area contributed by atoms with Crippen LogP contribution in [0.1, 0.15) is 137 Å². The average molecular weight is 769 g/mol. The van der Waals surface area contributed by atoms with E-state index in [0.717, 1.165) is 12.8 Å². The van der Waals surface area contributed by atoms with E-state index in [1.807, 2.05) is 0 Å². The molecule has 0 aliphatic heterocycles. The molecule has 4 aliphatic carbocycles. The minimum atomic E-state index is -2.68. The Morgan fingerprint density at radius 3 is 1.61 bits per heavy atom. The van der Waals surface area contributed by atoms with Crippen molar-refractivity contribution < 1.29 is 46.1 Å². The normalized spacial score (nSPS) is 20.2. The maximum Gasteiger partial charge on any atom is -1.00 e. The van der Waals surface area contributed by atoms with Crippen molar-refractivity contribution in [1.82, 2.24) is 0 Å². The Hall–Kier alpha value is -2.05. The van der Waals surface area contributed by atoms with Gasteiger partial charge in [-0.05, 0) is 0 Å². The molecule has 0 radical (unpaired) electrons. The molecule has 1 unspecified atom stereocenters. The van der Waals surface area contributed by atoms with Gasteiger partial charge < -0.3 is 24.8 Å². The van der Waals surface area contributed by atoms with Gasteiger partial charge in [-0.1, -0.05) is 0 Å². The standard InChI is InChI=1S/C27H29.C10H15.C9H10.2ClH.Zr/c1-16-7-9-26(3,4)24-12-18-11-19-13-25-21(17(2)8-10-27(25,5)6)15-23(19)22(18)14-20(16)24;1-8-5-6-9(7-8)10(2,3)4;1-3-9-6-4-8(2)5-7-9;;;/h7-8,11-15H,9-10H2,1-6H3;6-8H,1-4H3;4-7H,1-2H3;2*1H;/q;;;;;+2/p-2. The molecule has 0 amide bonds. The quantitative estimate of drug-likeness (QED) is 0.282. The van der Waals surface area contributed by atoms with Crippen LogP contribution in [0.4, 0.5) is 0 Å². The Balaban J connectivity index is 0.00000234. The van der Waals surface area contributed by atoms with Gasteiger partial charge in [-0.25, -0.2) is 0 Å². The van der Waals surface area contributed by atoms with Crippen molar-refractivity contribution >= 4 is 14.4 Å². The Morgan fingerprint density at radius 1 is 0.714 bits per heavy atom. The minimum absolute atomic E-state index is 0. The van der Waals surface area contributed by atoms with E-state index >= 15 is 0 Å². The van der Waals surface area contributed by atoms with Gasteiger partial charge in [0.05, 0.1) is 0 Å². The van der Waals surface area contributed by atoms with Crippen molar-refractivity contribution in [1.29, 1.82) is 0 Å². The van der Waals surface area contributed by atoms with Crippen LogP contribution in [-0.4, -0.2) is 3.21 Å². The zero-order valence-corrected chi connectivity index (χ0v) is 35.7. The third kappa shape index (κ3) is 6.38. The van der Waals surface area contributed by atoms with Crippen LogP contribution < -0.4 is 24.8 Å². The van der Waals surface area contributed by atoms with Gasteiger partial charge in [-0.2, -0.15) is 0 Å². The van der Waals surface area contributed by atoms with Crippen LogP contribution in [0, 0.1) is 18.3 Å². The molecule has 0 saturated heterocycles. The molecule has 0 saturated carbocycles. The summed E-state index contributed by atoms with van der Waals surface area (Å²) in [7, 11) is 0. The zero-order valence-electron chi connectivity index (χ0n) is 31.8. The van der Waals surface area contributed by atoms with Gasteiger partial charge in [-0.15, -0.1) is 0 Å². The van der Waals surface area contributed by atoms with Crippen molar-refractivity contribution in [2.45, 2.75) is 110 Å². The number of allylic oxidation sites excluding steroid dienone is 8. The second kappa shape index (κ2) is 13.2. The molecule has 0 heterocycles. The maximum absolute atomic E-state index is 2.71. The molecular formula is C46H54Cl2Zr. The van der Waals surface area contributed by atoms with Crippen LogP contribution >= 0.6 is 0 Å². The largest absolute Gasteiger partial charge is 1.00 e. The molecule has 256 valence electrons. The van der Waals surface area contributed by atoms with Gasteiger partial charge in [0.1, 0.15) is 0 Å². The van der Waals surface area contributed by atoms with Crippen molar-refractivity contribution in [3.8, 4) is 11.1 Å². The third-order valence-corrected chi connectivity index (χ3v) is 20.7. The summed E-state index contributed by atoms with van der Waals surface area (Å²) in [4.78, 5) is 0. The first kappa shape index (κ1) is 38.2. The van der Waals surface area contributed by atoms with Gasteiger partial charge in [0.25, 0.3) is 0 Å². The Bertz CT molecular complexity index is 1910. The maximum atomic E-state index is 2.71. The number of rotatable bonds is 3. The predicted octanol–water partition coefficient (Wildman–Crippen LogP) is 6.61. The van der Waals surface area contributed by atoms with Crippen LogP contribution in [0.25, 0.3) is 22.3 Å². The summed E-state index contributed by atoms with van der Waals surface area (Å²) in [6.45, 7) is 28.9. The van der Waals surface area contributed by atoms with Crippen LogP contribution in [0.2, 0.25) is 0 Å². The summed E-state index contributed by atoms with van der Waals surface area (Å²) in [6, 6.07) is 20.1. The van der Waals surface area contributed by atoms with Crippen LogP contribution in [0.15, 0.2) is 81.7 Å². The van der Waals surface area contributed by atoms with Crippen molar-refractivity contribution in [3.05, 3.63) is 126 Å². The van der Waals surface area contributed by atoms with E-state index < -0.39 is 21.3 Å². The Kier molecular flexibility index (Phi) is 10.3. The van der Waals surface area contributed by atoms with Gasteiger partial charge in [0, 0.05) is 0 Å². The smallest absolute Gasteiger partial charge is 1.00 e. The first-order valence-corrected chi connectivity index (χ1v) is 21.8. The summed E-state index contributed by atoms with van der Waals surface area (Å²) in [5, 5.41) is 0. The molecule has 0 fully saturated rings. The third-order valence-electron chi connectivity index (χ3n) is 12.0. The fourth-order valence-corrected chi connectivity index (χ4v) is 17.7. The van der Waals surface area contributed by atoms with Crippen molar-refractivity contribution in [3.63, 3.8) is 0 Å². The van der Waals surface area contributed by atoms with Crippen molar-refractivity contribution in [2.24, 2.45) is 11.3 Å².